The van der Waals surface area contributed by atoms with Gasteiger partial charge in [0.05, 0.1) is 58.9 Å². The SMILES string of the molecule is COC(=O)N(C(CCCC[N+](C)(C)C)C(=O)NCc1ccc(C2C(C(O)CCc3ccc(F)cc3)C(=O)N2c2ccc(F)cc2)cc1)C1c2ccccc2-c2ccccc21. The van der Waals surface area contributed by atoms with Gasteiger partial charge in [-0.25, -0.2) is 13.6 Å². The van der Waals surface area contributed by atoms with Gasteiger partial charge in [0.2, 0.25) is 11.8 Å². The van der Waals surface area contributed by atoms with E-state index in [-0.39, 0.29) is 30.6 Å². The number of aliphatic hydroxyl groups excluding tert-OH is 1. The van der Waals surface area contributed by atoms with Crippen LogP contribution < -0.4 is 10.2 Å². The Kier molecular flexibility index (Phi) is 12.8. The molecule has 3 amide bonds. The van der Waals surface area contributed by atoms with Crippen molar-refractivity contribution in [2.45, 2.75) is 62.9 Å². The van der Waals surface area contributed by atoms with E-state index < -0.39 is 42.1 Å². The van der Waals surface area contributed by atoms with Crippen LogP contribution in [0.5, 0.6) is 0 Å². The highest BCUT2D eigenvalue weighted by Crippen LogP contribution is 2.48. The molecule has 1 aliphatic heterocycles. The first kappa shape index (κ1) is 42.2. The van der Waals surface area contributed by atoms with Crippen LogP contribution in [-0.4, -0.2) is 79.3 Å². The molecule has 312 valence electrons. The smallest absolute Gasteiger partial charge is 0.410 e. The Balaban J connectivity index is 1.11. The second-order valence-corrected chi connectivity index (χ2v) is 16.8. The Labute approximate surface area is 350 Å². The van der Waals surface area contributed by atoms with Gasteiger partial charge in [-0.2, -0.15) is 0 Å². The van der Waals surface area contributed by atoms with Gasteiger partial charge in [-0.05, 0) is 107 Å². The lowest BCUT2D eigenvalue weighted by atomic mass is 9.76. The van der Waals surface area contributed by atoms with E-state index >= 15 is 0 Å². The number of unbranched alkanes of at least 4 members (excludes halogenated alkanes) is 1. The number of halogens is 2. The Bertz CT molecular complexity index is 2250. The first-order valence-corrected chi connectivity index (χ1v) is 20.6. The molecule has 5 aromatic rings. The van der Waals surface area contributed by atoms with Gasteiger partial charge < -0.3 is 24.5 Å². The van der Waals surface area contributed by atoms with Crippen molar-refractivity contribution >= 4 is 23.6 Å². The van der Waals surface area contributed by atoms with Crippen LogP contribution in [0.3, 0.4) is 0 Å². The van der Waals surface area contributed by atoms with Crippen molar-refractivity contribution in [1.82, 2.24) is 10.2 Å². The second-order valence-electron chi connectivity index (χ2n) is 16.8. The summed E-state index contributed by atoms with van der Waals surface area (Å²) in [7, 11) is 7.73. The molecular weight excluding hydrogens is 763 g/mol. The normalized spacial score (nSPS) is 17.0. The third-order valence-corrected chi connectivity index (χ3v) is 11.7. The molecule has 0 aromatic heterocycles. The number of aliphatic hydroxyl groups is 1. The maximum absolute atomic E-state index is 14.5. The van der Waals surface area contributed by atoms with Crippen LogP contribution in [0.25, 0.3) is 11.1 Å². The Hall–Kier alpha value is -5.91. The summed E-state index contributed by atoms with van der Waals surface area (Å²) in [6.07, 6.45) is 1.18. The van der Waals surface area contributed by atoms with Crippen molar-refractivity contribution < 1.29 is 37.5 Å². The molecule has 60 heavy (non-hydrogen) atoms. The average molecular weight is 816 g/mol. The van der Waals surface area contributed by atoms with E-state index in [4.69, 9.17) is 4.74 Å². The van der Waals surface area contributed by atoms with E-state index in [1.165, 1.54) is 31.4 Å². The topological polar surface area (TPSA) is 99.2 Å². The van der Waals surface area contributed by atoms with E-state index in [1.807, 2.05) is 72.8 Å². The maximum Gasteiger partial charge on any atom is 0.410 e. The number of amides is 3. The molecule has 1 saturated heterocycles. The number of nitrogens with one attached hydrogen (secondary N) is 1. The minimum absolute atomic E-state index is 0.177. The van der Waals surface area contributed by atoms with Gasteiger partial charge in [0, 0.05) is 12.2 Å². The number of anilines is 1. The van der Waals surface area contributed by atoms with Gasteiger partial charge in [-0.15, -0.1) is 0 Å². The number of nitrogens with zero attached hydrogens (tertiary/aromatic N) is 3. The molecule has 1 fully saturated rings. The lowest BCUT2D eigenvalue weighted by Gasteiger charge is -2.49. The van der Waals surface area contributed by atoms with Crippen molar-refractivity contribution in [3.8, 4) is 11.1 Å². The summed E-state index contributed by atoms with van der Waals surface area (Å²) < 4.78 is 33.6. The molecule has 4 atom stereocenters. The summed E-state index contributed by atoms with van der Waals surface area (Å²) in [4.78, 5) is 45.2. The number of quaternary nitrogens is 1. The fourth-order valence-corrected chi connectivity index (χ4v) is 8.68. The Morgan fingerprint density at radius 2 is 1.35 bits per heavy atom. The molecule has 1 aliphatic carbocycles. The van der Waals surface area contributed by atoms with Gasteiger partial charge in [-0.1, -0.05) is 84.9 Å². The number of aryl methyl sites for hydroxylation is 1. The number of β-lactam (4-membered cyclic amide) rings is 1. The first-order chi connectivity index (χ1) is 28.8. The van der Waals surface area contributed by atoms with Gasteiger partial charge in [0.15, 0.2) is 0 Å². The lowest BCUT2D eigenvalue weighted by molar-refractivity contribution is -0.870. The van der Waals surface area contributed by atoms with Gasteiger partial charge in [-0.3, -0.25) is 14.5 Å². The van der Waals surface area contributed by atoms with Crippen LogP contribution in [-0.2, 0) is 27.3 Å². The Morgan fingerprint density at radius 1 is 0.783 bits per heavy atom. The molecule has 11 heteroatoms. The van der Waals surface area contributed by atoms with Gasteiger partial charge in [0.25, 0.3) is 0 Å². The third kappa shape index (κ3) is 9.12. The molecule has 1 heterocycles. The van der Waals surface area contributed by atoms with E-state index in [0.29, 0.717) is 24.9 Å². The molecule has 2 N–H and O–H groups in total. The largest absolute Gasteiger partial charge is 0.453 e. The van der Waals surface area contributed by atoms with E-state index in [1.54, 1.807) is 34.1 Å². The summed E-state index contributed by atoms with van der Waals surface area (Å²) in [6.45, 7) is 1.08. The number of ether oxygens (including phenoxy) is 1. The lowest BCUT2D eigenvalue weighted by Crippen LogP contribution is -2.59. The number of methoxy groups -OCH3 is 1. The van der Waals surface area contributed by atoms with Crippen LogP contribution in [0.2, 0.25) is 0 Å². The van der Waals surface area contributed by atoms with Gasteiger partial charge >= 0.3 is 6.09 Å². The second kappa shape index (κ2) is 18.1. The molecular formula is C49H53F2N4O5+. The van der Waals surface area contributed by atoms with E-state index in [2.05, 4.69) is 26.5 Å². The summed E-state index contributed by atoms with van der Waals surface area (Å²) in [5.74, 6) is -2.10. The quantitative estimate of drug-likeness (QED) is 0.0593. The fourth-order valence-electron chi connectivity index (χ4n) is 8.68. The molecule has 0 bridgehead atoms. The standard InChI is InChI=1S/C49H52F2N4O5/c1-55(2,3)30-10-9-15-42(54(49(59)60-4)46-40-13-7-5-11-38(40)39-12-6-8-14-41(39)46)47(57)52-31-33-16-21-34(22-17-33)45-44(43(56)29-20-32-18-23-35(50)24-19-32)48(58)53(45)37-27-25-36(51)26-28-37/h5-8,11-14,16-19,21-28,42-46,56H,9-10,15,20,29-31H2,1-4H3/p+1. The molecule has 0 saturated carbocycles. The molecule has 0 spiro atoms. The highest BCUT2D eigenvalue weighted by Gasteiger charge is 2.52. The highest BCUT2D eigenvalue weighted by atomic mass is 19.1. The van der Waals surface area contributed by atoms with E-state index in [9.17, 15) is 28.3 Å². The maximum atomic E-state index is 14.5. The predicted molar refractivity (Wildman–Crippen MR) is 228 cm³/mol. The summed E-state index contributed by atoms with van der Waals surface area (Å²) in [6, 6.07) is 33.3. The number of hydrogen-bond donors (Lipinski definition) is 2. The summed E-state index contributed by atoms with van der Waals surface area (Å²) in [5, 5.41) is 14.5. The Morgan fingerprint density at radius 3 is 1.93 bits per heavy atom. The summed E-state index contributed by atoms with van der Waals surface area (Å²) >= 11 is 0. The van der Waals surface area contributed by atoms with E-state index in [0.717, 1.165) is 56.4 Å². The zero-order valence-electron chi connectivity index (χ0n) is 34.6. The number of carbonyl (C=O) groups excluding carboxylic acids is 3. The first-order valence-electron chi connectivity index (χ1n) is 20.6. The van der Waals surface area contributed by atoms with Crippen molar-refractivity contribution in [3.05, 3.63) is 161 Å². The third-order valence-electron chi connectivity index (χ3n) is 11.7. The summed E-state index contributed by atoms with van der Waals surface area (Å²) in [5.41, 5.74) is 6.84. The van der Waals surface area contributed by atoms with Crippen molar-refractivity contribution in [3.63, 3.8) is 0 Å². The highest BCUT2D eigenvalue weighted by molar-refractivity contribution is 6.03. The van der Waals surface area contributed by atoms with Crippen molar-refractivity contribution in [2.75, 3.05) is 39.7 Å². The molecule has 7 rings (SSSR count). The van der Waals surface area contributed by atoms with Crippen LogP contribution in [0.4, 0.5) is 19.3 Å². The number of hydrogen-bond acceptors (Lipinski definition) is 5. The van der Waals surface area contributed by atoms with Crippen LogP contribution in [0.15, 0.2) is 121 Å². The van der Waals surface area contributed by atoms with Crippen LogP contribution >= 0.6 is 0 Å². The fraction of sp³-hybridized carbons (Fsp3) is 0.327. The van der Waals surface area contributed by atoms with Crippen molar-refractivity contribution in [2.24, 2.45) is 5.92 Å². The average Bonchev–Trinajstić information content (AvgIpc) is 3.57. The minimum atomic E-state index is -0.987. The minimum Gasteiger partial charge on any atom is -0.453 e. The predicted octanol–water partition coefficient (Wildman–Crippen LogP) is 8.36. The number of benzene rings is 5. The number of fused-ring (bicyclic) bond motifs is 3. The molecule has 0 radical (unpaired) electrons. The molecule has 2 aliphatic rings. The van der Waals surface area contributed by atoms with Gasteiger partial charge in [0.1, 0.15) is 17.7 Å². The molecule has 9 nitrogen and oxygen atoms in total. The van der Waals surface area contributed by atoms with Crippen molar-refractivity contribution in [1.29, 1.82) is 0 Å². The molecule has 4 unspecified atom stereocenters. The monoisotopic (exact) mass is 815 g/mol. The van der Waals surface area contributed by atoms with Crippen LogP contribution in [0, 0.1) is 17.6 Å². The van der Waals surface area contributed by atoms with Crippen LogP contribution in [0.1, 0.15) is 65.6 Å². The number of carbonyl (C=O) groups is 3. The molecule has 5 aromatic carbocycles. The zero-order chi connectivity index (χ0) is 42.6. The zero-order valence-corrected chi connectivity index (χ0v) is 34.6. The number of rotatable bonds is 16.